The maximum absolute atomic E-state index is 12.7. The van der Waals surface area contributed by atoms with Gasteiger partial charge in [-0.3, -0.25) is 9.69 Å². The van der Waals surface area contributed by atoms with E-state index in [1.165, 1.54) is 11.8 Å². The lowest BCUT2D eigenvalue weighted by molar-refractivity contribution is -0.113. The highest BCUT2D eigenvalue weighted by Gasteiger charge is 2.33. The number of hydrogen-bond donors (Lipinski definition) is 0. The summed E-state index contributed by atoms with van der Waals surface area (Å²) < 4.78 is 0.579. The molecule has 0 radical (unpaired) electrons. The van der Waals surface area contributed by atoms with Crippen LogP contribution in [0.25, 0.3) is 6.08 Å². The van der Waals surface area contributed by atoms with Crippen molar-refractivity contribution in [2.24, 2.45) is 0 Å². The first-order valence-electron chi connectivity index (χ1n) is 6.96. The van der Waals surface area contributed by atoms with Gasteiger partial charge in [-0.1, -0.05) is 60.4 Å². The molecule has 1 amide bonds. The summed E-state index contributed by atoms with van der Waals surface area (Å²) in [4.78, 5) is 15.0. The zero-order valence-electron chi connectivity index (χ0n) is 12.4. The smallest absolute Gasteiger partial charge is 0.268 e. The number of hydrogen-bond acceptors (Lipinski definition) is 3. The van der Waals surface area contributed by atoms with Gasteiger partial charge in [-0.25, -0.2) is 0 Å². The summed E-state index contributed by atoms with van der Waals surface area (Å²) in [6.45, 7) is 4.04. The predicted molar refractivity (Wildman–Crippen MR) is 98.0 cm³/mol. The average molecular weight is 325 g/mol. The second kappa shape index (κ2) is 6.07. The van der Waals surface area contributed by atoms with Gasteiger partial charge < -0.3 is 0 Å². The lowest BCUT2D eigenvalue weighted by atomic mass is 10.1. The fourth-order valence-corrected chi connectivity index (χ4v) is 3.64. The first-order valence-corrected chi connectivity index (χ1v) is 8.19. The van der Waals surface area contributed by atoms with Crippen LogP contribution < -0.4 is 4.90 Å². The number of rotatable bonds is 2. The van der Waals surface area contributed by atoms with E-state index in [2.05, 4.69) is 0 Å². The zero-order valence-corrected chi connectivity index (χ0v) is 14.0. The molecule has 0 unspecified atom stereocenters. The molecule has 3 rings (SSSR count). The summed E-state index contributed by atoms with van der Waals surface area (Å²) >= 11 is 6.75. The Hall–Kier alpha value is -1.91. The third-order valence-corrected chi connectivity index (χ3v) is 4.83. The molecule has 0 bridgehead atoms. The standard InChI is InChI=1S/C18H15NOS2/c1-12-6-5-9-15(10-12)19-17(20)16(22-18(19)21)11-14-8-4-3-7-13(14)2/h3-11H,1-2H3. The van der Waals surface area contributed by atoms with E-state index >= 15 is 0 Å². The summed E-state index contributed by atoms with van der Waals surface area (Å²) in [7, 11) is 0. The Morgan fingerprint density at radius 1 is 1.09 bits per heavy atom. The van der Waals surface area contributed by atoms with Gasteiger partial charge in [-0.2, -0.15) is 0 Å². The number of anilines is 1. The van der Waals surface area contributed by atoms with Gasteiger partial charge >= 0.3 is 0 Å². The Morgan fingerprint density at radius 3 is 2.59 bits per heavy atom. The molecule has 0 atom stereocenters. The van der Waals surface area contributed by atoms with E-state index in [9.17, 15) is 4.79 Å². The van der Waals surface area contributed by atoms with Crippen LogP contribution >= 0.6 is 24.0 Å². The predicted octanol–water partition coefficient (Wildman–Crippen LogP) is 4.71. The summed E-state index contributed by atoms with van der Waals surface area (Å²) in [5.41, 5.74) is 4.13. The lowest BCUT2D eigenvalue weighted by Crippen LogP contribution is -2.27. The van der Waals surface area contributed by atoms with Crippen molar-refractivity contribution in [3.8, 4) is 0 Å². The number of thiocarbonyl (C=S) groups is 1. The molecule has 2 nitrogen and oxygen atoms in total. The van der Waals surface area contributed by atoms with Crippen molar-refractivity contribution < 1.29 is 4.79 Å². The van der Waals surface area contributed by atoms with Crippen molar-refractivity contribution in [2.45, 2.75) is 13.8 Å². The highest BCUT2D eigenvalue weighted by atomic mass is 32.2. The quantitative estimate of drug-likeness (QED) is 0.589. The molecular weight excluding hydrogens is 310 g/mol. The lowest BCUT2D eigenvalue weighted by Gasteiger charge is -2.14. The van der Waals surface area contributed by atoms with Crippen LogP contribution in [0.1, 0.15) is 16.7 Å². The van der Waals surface area contributed by atoms with E-state index in [1.807, 2.05) is 68.5 Å². The Morgan fingerprint density at radius 2 is 1.86 bits per heavy atom. The van der Waals surface area contributed by atoms with Crippen LogP contribution in [0.5, 0.6) is 0 Å². The van der Waals surface area contributed by atoms with Gasteiger partial charge in [0.25, 0.3) is 5.91 Å². The first kappa shape index (κ1) is 15.0. The third kappa shape index (κ3) is 2.85. The van der Waals surface area contributed by atoms with Crippen LogP contribution in [0.3, 0.4) is 0 Å². The van der Waals surface area contributed by atoms with Gasteiger partial charge in [0, 0.05) is 0 Å². The number of thioether (sulfide) groups is 1. The van der Waals surface area contributed by atoms with Gasteiger partial charge in [0.05, 0.1) is 10.6 Å². The highest BCUT2D eigenvalue weighted by Crippen LogP contribution is 2.36. The van der Waals surface area contributed by atoms with Gasteiger partial charge in [0.2, 0.25) is 0 Å². The van der Waals surface area contributed by atoms with Crippen molar-refractivity contribution in [1.82, 2.24) is 0 Å². The second-order valence-corrected chi connectivity index (χ2v) is 6.89. The van der Waals surface area contributed by atoms with Crippen LogP contribution in [0.4, 0.5) is 5.69 Å². The molecule has 1 aliphatic heterocycles. The number of aryl methyl sites for hydroxylation is 2. The van der Waals surface area contributed by atoms with Crippen LogP contribution in [0.2, 0.25) is 0 Å². The normalized spacial score (nSPS) is 16.6. The number of amides is 1. The number of carbonyl (C=O) groups excluding carboxylic acids is 1. The number of nitrogens with zero attached hydrogens (tertiary/aromatic N) is 1. The summed E-state index contributed by atoms with van der Waals surface area (Å²) in [5.74, 6) is -0.0520. The molecule has 2 aromatic rings. The monoisotopic (exact) mass is 325 g/mol. The minimum absolute atomic E-state index is 0.0520. The van der Waals surface area contributed by atoms with Gasteiger partial charge in [-0.15, -0.1) is 0 Å². The molecule has 2 aromatic carbocycles. The maximum atomic E-state index is 12.7. The Kier molecular flexibility index (Phi) is 4.14. The third-order valence-electron chi connectivity index (χ3n) is 3.53. The molecular formula is C18H15NOS2. The van der Waals surface area contributed by atoms with E-state index in [0.717, 1.165) is 22.4 Å². The van der Waals surface area contributed by atoms with Gasteiger partial charge in [0.15, 0.2) is 4.32 Å². The number of carbonyl (C=O) groups is 1. The molecule has 1 saturated heterocycles. The van der Waals surface area contributed by atoms with Crippen molar-refractivity contribution in [3.63, 3.8) is 0 Å². The van der Waals surface area contributed by atoms with Crippen LogP contribution in [0.15, 0.2) is 53.4 Å². The van der Waals surface area contributed by atoms with Crippen molar-refractivity contribution >= 4 is 46.0 Å². The molecule has 0 spiro atoms. The largest absolute Gasteiger partial charge is 0.270 e. The molecule has 0 saturated carbocycles. The molecule has 1 fully saturated rings. The zero-order chi connectivity index (χ0) is 15.7. The summed E-state index contributed by atoms with van der Waals surface area (Å²) in [5, 5.41) is 0. The van der Waals surface area contributed by atoms with E-state index < -0.39 is 0 Å². The van der Waals surface area contributed by atoms with E-state index in [1.54, 1.807) is 4.90 Å². The highest BCUT2D eigenvalue weighted by molar-refractivity contribution is 8.27. The van der Waals surface area contributed by atoms with E-state index in [-0.39, 0.29) is 5.91 Å². The average Bonchev–Trinajstić information content (AvgIpc) is 2.76. The topological polar surface area (TPSA) is 20.3 Å². The van der Waals surface area contributed by atoms with Gasteiger partial charge in [-0.05, 0) is 48.7 Å². The van der Waals surface area contributed by atoms with Crippen molar-refractivity contribution in [1.29, 1.82) is 0 Å². The van der Waals surface area contributed by atoms with Crippen molar-refractivity contribution in [3.05, 3.63) is 70.1 Å². The maximum Gasteiger partial charge on any atom is 0.270 e. The van der Waals surface area contributed by atoms with Crippen LogP contribution in [-0.2, 0) is 4.79 Å². The molecule has 0 aliphatic carbocycles. The molecule has 0 N–H and O–H groups in total. The van der Waals surface area contributed by atoms with E-state index in [4.69, 9.17) is 12.2 Å². The van der Waals surface area contributed by atoms with E-state index in [0.29, 0.717) is 9.23 Å². The minimum atomic E-state index is -0.0520. The Balaban J connectivity index is 1.97. The molecule has 4 heteroatoms. The van der Waals surface area contributed by atoms with Crippen LogP contribution in [0, 0.1) is 13.8 Å². The molecule has 1 heterocycles. The SMILES string of the molecule is Cc1cccc(N2C(=O)C(=Cc3ccccc3C)SC2=S)c1. The number of benzene rings is 2. The van der Waals surface area contributed by atoms with Gasteiger partial charge in [0.1, 0.15) is 0 Å². The molecule has 110 valence electrons. The molecule has 22 heavy (non-hydrogen) atoms. The van der Waals surface area contributed by atoms with Crippen molar-refractivity contribution in [2.75, 3.05) is 4.90 Å². The minimum Gasteiger partial charge on any atom is -0.268 e. The molecule has 0 aromatic heterocycles. The Labute approximate surface area is 139 Å². The summed E-state index contributed by atoms with van der Waals surface area (Å²) in [6.07, 6.45) is 1.92. The second-order valence-electron chi connectivity index (χ2n) is 5.21. The Bertz CT molecular complexity index is 795. The first-order chi connectivity index (χ1) is 10.6. The fourth-order valence-electron chi connectivity index (χ4n) is 2.35. The fraction of sp³-hybridized carbons (Fsp3) is 0.111. The summed E-state index contributed by atoms with van der Waals surface area (Å²) in [6, 6.07) is 15.8. The van der Waals surface area contributed by atoms with Crippen LogP contribution in [-0.4, -0.2) is 10.2 Å². The molecule has 1 aliphatic rings.